The van der Waals surface area contributed by atoms with E-state index < -0.39 is 0 Å². The summed E-state index contributed by atoms with van der Waals surface area (Å²) in [6.45, 7) is 0. The maximum absolute atomic E-state index is 9.44. The number of rotatable bonds is 2. The second-order valence-corrected chi connectivity index (χ2v) is 5.72. The smallest absolute Gasteiger partial charge is 0.175 e. The van der Waals surface area contributed by atoms with Gasteiger partial charge in [-0.05, 0) is 23.7 Å². The van der Waals surface area contributed by atoms with Gasteiger partial charge in [-0.1, -0.05) is 23.2 Å². The summed E-state index contributed by atoms with van der Waals surface area (Å²) in [6, 6.07) is 6.35. The summed E-state index contributed by atoms with van der Waals surface area (Å²) in [5, 5.41) is 27.9. The summed E-state index contributed by atoms with van der Waals surface area (Å²) in [6.07, 6.45) is 1.44. The minimum atomic E-state index is -0.128. The van der Waals surface area contributed by atoms with E-state index in [-0.39, 0.29) is 15.8 Å². The molecule has 0 atom stereocenters. The van der Waals surface area contributed by atoms with E-state index in [0.717, 1.165) is 11.5 Å². The highest BCUT2D eigenvalue weighted by Crippen LogP contribution is 2.37. The van der Waals surface area contributed by atoms with Gasteiger partial charge in [0.25, 0.3) is 0 Å². The van der Waals surface area contributed by atoms with Gasteiger partial charge in [0.05, 0.1) is 21.0 Å². The molecule has 6 nitrogen and oxygen atoms in total. The van der Waals surface area contributed by atoms with Gasteiger partial charge in [0.2, 0.25) is 0 Å². The van der Waals surface area contributed by atoms with Gasteiger partial charge in [0, 0.05) is 12.3 Å². The molecule has 0 spiro atoms. The Morgan fingerprint density at radius 1 is 1.18 bits per heavy atom. The first-order valence-electron chi connectivity index (χ1n) is 5.84. The first kappa shape index (κ1) is 14.7. The van der Waals surface area contributed by atoms with E-state index in [1.165, 1.54) is 18.3 Å². The van der Waals surface area contributed by atoms with Crippen molar-refractivity contribution in [1.29, 1.82) is 5.26 Å². The molecule has 0 aliphatic heterocycles. The molecule has 0 amide bonds. The zero-order chi connectivity index (χ0) is 15.7. The quantitative estimate of drug-likeness (QED) is 0.659. The van der Waals surface area contributed by atoms with Crippen LogP contribution in [-0.4, -0.2) is 14.5 Å². The summed E-state index contributed by atoms with van der Waals surface area (Å²) < 4.78 is 4.13. The summed E-state index contributed by atoms with van der Waals surface area (Å²) in [5.74, 6) is -0.128. The van der Waals surface area contributed by atoms with E-state index in [4.69, 9.17) is 28.5 Å². The average Bonchev–Trinajstić information content (AvgIpc) is 2.91. The van der Waals surface area contributed by atoms with Gasteiger partial charge in [-0.3, -0.25) is 0 Å². The van der Waals surface area contributed by atoms with Crippen molar-refractivity contribution in [3.05, 3.63) is 40.0 Å². The van der Waals surface area contributed by atoms with Crippen molar-refractivity contribution >= 4 is 56.5 Å². The second kappa shape index (κ2) is 5.85. The summed E-state index contributed by atoms with van der Waals surface area (Å²) in [7, 11) is 0. The summed E-state index contributed by atoms with van der Waals surface area (Å²) in [5.41, 5.74) is 1.22. The predicted octanol–water partition coefficient (Wildman–Crippen LogP) is 4.99. The molecule has 0 unspecified atom stereocenters. The fourth-order valence-corrected chi connectivity index (χ4v) is 2.66. The Kier molecular flexibility index (Phi) is 3.90. The molecule has 108 valence electrons. The summed E-state index contributed by atoms with van der Waals surface area (Å²) in [4.78, 5) is 4.07. The van der Waals surface area contributed by atoms with E-state index in [9.17, 15) is 5.11 Å². The van der Waals surface area contributed by atoms with E-state index >= 15 is 0 Å². The molecule has 1 N–H and O–H groups in total. The molecule has 0 aliphatic rings. The minimum absolute atomic E-state index is 0.126. The number of phenolic OH excluding ortho intramolecular Hbond substituents is 1. The highest BCUT2D eigenvalue weighted by atomic mass is 35.5. The van der Waals surface area contributed by atoms with Crippen LogP contribution in [0.5, 0.6) is 5.75 Å². The number of nitriles is 1. The van der Waals surface area contributed by atoms with Crippen molar-refractivity contribution in [3.8, 4) is 11.8 Å². The van der Waals surface area contributed by atoms with Crippen molar-refractivity contribution in [1.82, 2.24) is 9.36 Å². The van der Waals surface area contributed by atoms with Gasteiger partial charge in [0.15, 0.2) is 10.6 Å². The molecule has 9 heteroatoms. The molecule has 1 aromatic carbocycles. The van der Waals surface area contributed by atoms with Crippen LogP contribution in [0.15, 0.2) is 34.6 Å². The lowest BCUT2D eigenvalue weighted by Gasteiger charge is -2.00. The fraction of sp³-hybridized carbons (Fsp3) is 0. The number of phenols is 1. The second-order valence-electron chi connectivity index (χ2n) is 4.15. The molecule has 0 bridgehead atoms. The maximum atomic E-state index is 9.44. The molecular formula is C13H5Cl2N5OS. The minimum Gasteiger partial charge on any atom is -0.506 e. The van der Waals surface area contributed by atoms with Gasteiger partial charge in [0.1, 0.15) is 17.5 Å². The Balaban J connectivity index is 2.03. The van der Waals surface area contributed by atoms with E-state index in [1.807, 2.05) is 6.07 Å². The van der Waals surface area contributed by atoms with Crippen LogP contribution in [0.4, 0.5) is 10.7 Å². The zero-order valence-electron chi connectivity index (χ0n) is 10.7. The number of nitrogens with zero attached hydrogens (tertiary/aromatic N) is 5. The third-order valence-corrected chi connectivity index (χ3v) is 4.05. The van der Waals surface area contributed by atoms with Gasteiger partial charge in [-0.25, -0.2) is 4.98 Å². The van der Waals surface area contributed by atoms with Gasteiger partial charge < -0.3 is 5.11 Å². The number of azo groups is 1. The first-order chi connectivity index (χ1) is 10.6. The van der Waals surface area contributed by atoms with Crippen LogP contribution >= 0.6 is 34.7 Å². The third-order valence-electron chi connectivity index (χ3n) is 2.71. The third kappa shape index (κ3) is 2.72. The molecule has 0 saturated carbocycles. The van der Waals surface area contributed by atoms with Crippen molar-refractivity contribution in [3.63, 3.8) is 0 Å². The van der Waals surface area contributed by atoms with Crippen molar-refractivity contribution < 1.29 is 5.11 Å². The normalized spacial score (nSPS) is 11.1. The molecule has 22 heavy (non-hydrogen) atoms. The molecule has 2 aromatic heterocycles. The van der Waals surface area contributed by atoms with Crippen LogP contribution in [0.1, 0.15) is 5.56 Å². The van der Waals surface area contributed by atoms with Crippen molar-refractivity contribution in [2.45, 2.75) is 0 Å². The molecule has 0 aliphatic carbocycles. The Morgan fingerprint density at radius 3 is 2.77 bits per heavy atom. The van der Waals surface area contributed by atoms with Crippen LogP contribution in [0, 0.1) is 11.3 Å². The number of pyridine rings is 1. The maximum Gasteiger partial charge on any atom is 0.175 e. The Hall–Kier alpha value is -2.27. The van der Waals surface area contributed by atoms with E-state index in [0.29, 0.717) is 27.3 Å². The fourth-order valence-electron chi connectivity index (χ4n) is 1.66. The SMILES string of the molecule is N#Cc1cnc2nsc(/N=N/c3cc(Cl)c(O)cc3Cl)c2c1. The molecule has 0 saturated heterocycles. The highest BCUT2D eigenvalue weighted by molar-refractivity contribution is 7.11. The molecular weight excluding hydrogens is 345 g/mol. The average molecular weight is 350 g/mol. The molecule has 0 fully saturated rings. The summed E-state index contributed by atoms with van der Waals surface area (Å²) >= 11 is 12.9. The van der Waals surface area contributed by atoms with Gasteiger partial charge in [-0.2, -0.15) is 9.64 Å². The van der Waals surface area contributed by atoms with E-state index in [2.05, 4.69) is 19.6 Å². The molecule has 2 heterocycles. The lowest BCUT2D eigenvalue weighted by atomic mass is 10.2. The van der Waals surface area contributed by atoms with Crippen LogP contribution in [0.3, 0.4) is 0 Å². The van der Waals surface area contributed by atoms with Gasteiger partial charge >= 0.3 is 0 Å². The number of hydrogen-bond donors (Lipinski definition) is 1. The highest BCUT2D eigenvalue weighted by Gasteiger charge is 2.09. The lowest BCUT2D eigenvalue weighted by molar-refractivity contribution is 0.475. The number of aromatic nitrogens is 2. The Labute approximate surface area is 138 Å². The van der Waals surface area contributed by atoms with Crippen LogP contribution < -0.4 is 0 Å². The van der Waals surface area contributed by atoms with Crippen molar-refractivity contribution in [2.24, 2.45) is 10.2 Å². The Bertz CT molecular complexity index is 947. The number of halogens is 2. The van der Waals surface area contributed by atoms with Crippen molar-refractivity contribution in [2.75, 3.05) is 0 Å². The standard InChI is InChI=1S/C13H5Cl2N5OS/c14-8-3-11(21)9(15)2-10(8)18-19-13-7-1-6(4-16)5-17-12(7)20-22-13/h1-3,5,21H/b19-18+. The molecule has 0 radical (unpaired) electrons. The monoisotopic (exact) mass is 349 g/mol. The predicted molar refractivity (Wildman–Crippen MR) is 84.4 cm³/mol. The molecule has 3 aromatic rings. The lowest BCUT2D eigenvalue weighted by Crippen LogP contribution is -1.78. The molecule has 3 rings (SSSR count). The largest absolute Gasteiger partial charge is 0.506 e. The number of aromatic hydroxyl groups is 1. The number of benzene rings is 1. The topological polar surface area (TPSA) is 94.5 Å². The first-order valence-corrected chi connectivity index (χ1v) is 7.36. The van der Waals surface area contributed by atoms with Crippen LogP contribution in [0.2, 0.25) is 10.0 Å². The van der Waals surface area contributed by atoms with E-state index in [1.54, 1.807) is 6.07 Å². The van der Waals surface area contributed by atoms with Gasteiger partial charge in [-0.15, -0.1) is 10.2 Å². The zero-order valence-corrected chi connectivity index (χ0v) is 13.0. The van der Waals surface area contributed by atoms with Crippen LogP contribution in [0.25, 0.3) is 11.0 Å². The Morgan fingerprint density at radius 2 is 2.00 bits per heavy atom. The van der Waals surface area contributed by atoms with Crippen LogP contribution in [-0.2, 0) is 0 Å². The number of fused-ring (bicyclic) bond motifs is 1. The number of hydrogen-bond acceptors (Lipinski definition) is 7.